The van der Waals surface area contributed by atoms with Crippen LogP contribution >= 0.6 is 11.3 Å². The summed E-state index contributed by atoms with van der Waals surface area (Å²) >= 11 is 0.782. The third kappa shape index (κ3) is 1.90. The molecule has 0 atom stereocenters. The van der Waals surface area contributed by atoms with Crippen LogP contribution in [0, 0.1) is 0 Å². The van der Waals surface area contributed by atoms with Gasteiger partial charge < -0.3 is 4.74 Å². The molecule has 1 heterocycles. The molecular formula is C5H7N3O4S2. The molecule has 3 N–H and O–H groups in total. The Kier molecular flexibility index (Phi) is 3.16. The second-order valence-corrected chi connectivity index (χ2v) is 4.87. The lowest BCUT2D eigenvalue weighted by molar-refractivity contribution is 0.0590. The van der Waals surface area contributed by atoms with Crippen molar-refractivity contribution in [1.82, 2.24) is 9.82 Å². The molecular weight excluding hydrogens is 230 g/mol. The highest BCUT2D eigenvalue weighted by molar-refractivity contribution is 7.91. The van der Waals surface area contributed by atoms with E-state index in [-0.39, 0.29) is 9.90 Å². The highest BCUT2D eigenvalue weighted by Gasteiger charge is 2.25. The first-order valence-corrected chi connectivity index (χ1v) is 5.63. The van der Waals surface area contributed by atoms with Crippen LogP contribution in [0.5, 0.6) is 0 Å². The van der Waals surface area contributed by atoms with Crippen molar-refractivity contribution in [3.8, 4) is 0 Å². The number of hydrogen-bond donors (Lipinski definition) is 2. The van der Waals surface area contributed by atoms with Crippen molar-refractivity contribution in [1.29, 1.82) is 0 Å². The van der Waals surface area contributed by atoms with Crippen molar-refractivity contribution in [2.75, 3.05) is 7.11 Å². The highest BCUT2D eigenvalue weighted by Crippen LogP contribution is 2.19. The van der Waals surface area contributed by atoms with Gasteiger partial charge in [0, 0.05) is 0 Å². The maximum absolute atomic E-state index is 11.2. The molecule has 0 unspecified atom stereocenters. The van der Waals surface area contributed by atoms with Crippen LogP contribution in [-0.2, 0) is 14.8 Å². The van der Waals surface area contributed by atoms with Crippen LogP contribution in [0.3, 0.4) is 0 Å². The molecule has 0 aliphatic carbocycles. The largest absolute Gasteiger partial charge is 0.464 e. The molecule has 1 aromatic rings. The van der Waals surface area contributed by atoms with Gasteiger partial charge in [0.05, 0.1) is 12.6 Å². The normalized spacial score (nSPS) is 11.3. The number of thiazole rings is 1. The van der Waals surface area contributed by atoms with Crippen molar-refractivity contribution in [2.24, 2.45) is 5.84 Å². The number of nitrogens with one attached hydrogen (secondary N) is 1. The molecule has 0 radical (unpaired) electrons. The lowest BCUT2D eigenvalue weighted by Crippen LogP contribution is -2.30. The van der Waals surface area contributed by atoms with Gasteiger partial charge in [0.25, 0.3) is 10.0 Å². The number of carbonyl (C=O) groups is 1. The fourth-order valence-electron chi connectivity index (χ4n) is 0.712. The Morgan fingerprint density at radius 2 is 2.36 bits per heavy atom. The van der Waals surface area contributed by atoms with E-state index in [1.54, 1.807) is 4.83 Å². The summed E-state index contributed by atoms with van der Waals surface area (Å²) in [6.07, 6.45) is 0. The first-order valence-electron chi connectivity index (χ1n) is 3.27. The van der Waals surface area contributed by atoms with E-state index in [0.29, 0.717) is 0 Å². The molecule has 0 aliphatic rings. The SMILES string of the molecule is COC(=O)c1ncsc1S(=O)(=O)NN. The third-order valence-corrected chi connectivity index (χ3v) is 3.87. The van der Waals surface area contributed by atoms with E-state index >= 15 is 0 Å². The van der Waals surface area contributed by atoms with Gasteiger partial charge >= 0.3 is 5.97 Å². The Morgan fingerprint density at radius 1 is 1.71 bits per heavy atom. The summed E-state index contributed by atoms with van der Waals surface area (Å²) in [5.41, 5.74) is 0.951. The van der Waals surface area contributed by atoms with Crippen molar-refractivity contribution < 1.29 is 17.9 Å². The van der Waals surface area contributed by atoms with Gasteiger partial charge in [-0.05, 0) is 0 Å². The number of hydrazine groups is 1. The number of carbonyl (C=O) groups excluding carboxylic acids is 1. The van der Waals surface area contributed by atoms with Gasteiger partial charge in [-0.25, -0.2) is 18.2 Å². The molecule has 78 valence electrons. The molecule has 1 rings (SSSR count). The molecule has 0 spiro atoms. The highest BCUT2D eigenvalue weighted by atomic mass is 32.2. The Bertz CT molecular complexity index is 438. The van der Waals surface area contributed by atoms with E-state index in [4.69, 9.17) is 5.84 Å². The molecule has 7 nitrogen and oxygen atoms in total. The van der Waals surface area contributed by atoms with Crippen LogP contribution in [-0.4, -0.2) is 26.5 Å². The summed E-state index contributed by atoms with van der Waals surface area (Å²) in [7, 11) is -2.72. The average molecular weight is 237 g/mol. The van der Waals surface area contributed by atoms with E-state index in [0.717, 1.165) is 18.4 Å². The van der Waals surface area contributed by atoms with Crippen LogP contribution < -0.4 is 10.7 Å². The van der Waals surface area contributed by atoms with Gasteiger partial charge in [-0.3, -0.25) is 5.84 Å². The quantitative estimate of drug-likeness (QED) is 0.399. The van der Waals surface area contributed by atoms with Gasteiger partial charge in [-0.15, -0.1) is 16.2 Å². The molecule has 1 aromatic heterocycles. The molecule has 0 bridgehead atoms. The second kappa shape index (κ2) is 4.00. The molecule has 0 aliphatic heterocycles. The van der Waals surface area contributed by atoms with Crippen LogP contribution in [0.25, 0.3) is 0 Å². The zero-order valence-corrected chi connectivity index (χ0v) is 8.68. The standard InChI is InChI=1S/C5H7N3O4S2/c1-12-4(9)3-5(13-2-7-3)14(10,11)8-6/h2,8H,6H2,1H3. The lowest BCUT2D eigenvalue weighted by atomic mass is 10.5. The summed E-state index contributed by atoms with van der Waals surface area (Å²) in [4.78, 5) is 16.2. The monoisotopic (exact) mass is 237 g/mol. The summed E-state index contributed by atoms with van der Waals surface area (Å²) in [5, 5.41) is 0. The Labute approximate surface area is 83.9 Å². The molecule has 0 amide bonds. The number of esters is 1. The number of nitrogens with zero attached hydrogens (tertiary/aromatic N) is 1. The minimum absolute atomic E-state index is 0.258. The van der Waals surface area contributed by atoms with Crippen LogP contribution in [0.1, 0.15) is 10.5 Å². The zero-order valence-electron chi connectivity index (χ0n) is 7.05. The Morgan fingerprint density at radius 3 is 2.86 bits per heavy atom. The number of nitrogens with two attached hydrogens (primary N) is 1. The van der Waals surface area contributed by atoms with Crippen LogP contribution in [0.2, 0.25) is 0 Å². The predicted octanol–water partition coefficient (Wildman–Crippen LogP) is -0.918. The first kappa shape index (κ1) is 11.0. The van der Waals surface area contributed by atoms with E-state index in [1.165, 1.54) is 5.51 Å². The third-order valence-electron chi connectivity index (χ3n) is 1.31. The molecule has 14 heavy (non-hydrogen) atoms. The minimum Gasteiger partial charge on any atom is -0.464 e. The number of rotatable bonds is 3. The maximum atomic E-state index is 11.2. The zero-order chi connectivity index (χ0) is 10.8. The van der Waals surface area contributed by atoms with E-state index < -0.39 is 16.0 Å². The van der Waals surface area contributed by atoms with Crippen molar-refractivity contribution in [3.63, 3.8) is 0 Å². The van der Waals surface area contributed by atoms with E-state index in [2.05, 4.69) is 9.72 Å². The van der Waals surface area contributed by atoms with Gasteiger partial charge in [-0.2, -0.15) is 0 Å². The van der Waals surface area contributed by atoms with Gasteiger partial charge in [0.1, 0.15) is 0 Å². The smallest absolute Gasteiger partial charge is 0.358 e. The molecule has 0 saturated heterocycles. The summed E-state index contributed by atoms with van der Waals surface area (Å²) in [6, 6.07) is 0. The second-order valence-electron chi connectivity index (χ2n) is 2.10. The van der Waals surface area contributed by atoms with Crippen LogP contribution in [0.4, 0.5) is 0 Å². The van der Waals surface area contributed by atoms with Gasteiger partial charge in [0.2, 0.25) is 0 Å². The predicted molar refractivity (Wildman–Crippen MR) is 48.0 cm³/mol. The summed E-state index contributed by atoms with van der Waals surface area (Å²) < 4.78 is 26.5. The number of aromatic nitrogens is 1. The lowest BCUT2D eigenvalue weighted by Gasteiger charge is -2.00. The number of sulfonamides is 1. The fraction of sp³-hybridized carbons (Fsp3) is 0.200. The topological polar surface area (TPSA) is 111 Å². The molecule has 0 saturated carbocycles. The van der Waals surface area contributed by atoms with E-state index in [1.807, 2.05) is 0 Å². The summed E-state index contributed by atoms with van der Waals surface area (Å²) in [5.74, 6) is 3.98. The number of methoxy groups -OCH3 is 1. The van der Waals surface area contributed by atoms with E-state index in [9.17, 15) is 13.2 Å². The van der Waals surface area contributed by atoms with Crippen molar-refractivity contribution in [3.05, 3.63) is 11.2 Å². The fourth-order valence-corrected chi connectivity index (χ4v) is 2.49. The molecule has 0 aromatic carbocycles. The number of hydrogen-bond acceptors (Lipinski definition) is 7. The minimum atomic E-state index is -3.86. The molecule has 0 fully saturated rings. The van der Waals surface area contributed by atoms with Gasteiger partial charge in [0.15, 0.2) is 9.90 Å². The van der Waals surface area contributed by atoms with Crippen LogP contribution in [0.15, 0.2) is 9.72 Å². The number of ether oxygens (including phenoxy) is 1. The summed E-state index contributed by atoms with van der Waals surface area (Å²) in [6.45, 7) is 0. The molecule has 9 heteroatoms. The van der Waals surface area contributed by atoms with Crippen molar-refractivity contribution in [2.45, 2.75) is 4.21 Å². The first-order chi connectivity index (χ1) is 6.53. The maximum Gasteiger partial charge on any atom is 0.358 e. The Hall–Kier alpha value is -1.03. The van der Waals surface area contributed by atoms with Gasteiger partial charge in [-0.1, -0.05) is 0 Å². The van der Waals surface area contributed by atoms with Crippen molar-refractivity contribution >= 4 is 27.3 Å². The average Bonchev–Trinajstić information content (AvgIpc) is 2.65. The Balaban J connectivity index is 3.25.